The van der Waals surface area contributed by atoms with Gasteiger partial charge in [-0.1, -0.05) is 0 Å². The van der Waals surface area contributed by atoms with Crippen molar-refractivity contribution in [2.75, 3.05) is 54.5 Å². The van der Waals surface area contributed by atoms with Gasteiger partial charge < -0.3 is 29.2 Å². The highest BCUT2D eigenvalue weighted by atomic mass is 19.3. The van der Waals surface area contributed by atoms with Gasteiger partial charge in [0.1, 0.15) is 23.0 Å². The van der Waals surface area contributed by atoms with Crippen molar-refractivity contribution < 1.29 is 23.4 Å². The summed E-state index contributed by atoms with van der Waals surface area (Å²) in [5.41, 5.74) is 4.37. The molecule has 1 atom stereocenters. The number of fused-ring (bicyclic) bond motifs is 3. The highest BCUT2D eigenvalue weighted by Crippen LogP contribution is 2.38. The summed E-state index contributed by atoms with van der Waals surface area (Å²) in [5, 5.41) is 13.8. The normalized spacial score (nSPS) is 20.7. The van der Waals surface area contributed by atoms with Crippen molar-refractivity contribution in [3.8, 4) is 11.1 Å². The van der Waals surface area contributed by atoms with Crippen molar-refractivity contribution in [1.29, 1.82) is 0 Å². The third-order valence-electron chi connectivity index (χ3n) is 10.6. The van der Waals surface area contributed by atoms with Crippen LogP contribution in [-0.4, -0.2) is 92.4 Å². The van der Waals surface area contributed by atoms with E-state index in [0.717, 1.165) is 44.1 Å². The Morgan fingerprint density at radius 3 is 2.64 bits per heavy atom. The largest absolute Gasteiger partial charge is 0.392 e. The maximum atomic E-state index is 14.2. The molecule has 0 spiro atoms. The van der Waals surface area contributed by atoms with Crippen LogP contribution in [0, 0.1) is 0 Å². The molecule has 2 fully saturated rings. The maximum absolute atomic E-state index is 14.2. The lowest BCUT2D eigenvalue weighted by molar-refractivity contribution is -0.0691. The van der Waals surface area contributed by atoms with Crippen LogP contribution in [-0.2, 0) is 37.8 Å². The number of hydrogen-bond acceptors (Lipinski definition) is 9. The van der Waals surface area contributed by atoms with Gasteiger partial charge in [-0.15, -0.1) is 0 Å². The van der Waals surface area contributed by atoms with E-state index in [1.54, 1.807) is 42.2 Å². The molecule has 4 aliphatic rings. The zero-order valence-corrected chi connectivity index (χ0v) is 28.1. The van der Waals surface area contributed by atoms with Gasteiger partial charge in [-0.3, -0.25) is 19.4 Å². The molecule has 0 unspecified atom stereocenters. The van der Waals surface area contributed by atoms with Crippen LogP contribution in [0.2, 0.25) is 0 Å². The lowest BCUT2D eigenvalue weighted by atomic mass is 9.94. The van der Waals surface area contributed by atoms with Crippen LogP contribution in [0.25, 0.3) is 11.1 Å². The molecule has 0 aromatic carbocycles. The van der Waals surface area contributed by atoms with Gasteiger partial charge >= 0.3 is 0 Å². The molecule has 2 saturated heterocycles. The number of carbonyl (C=O) groups is 1. The number of anilines is 4. The molecule has 7 heterocycles. The molecule has 14 heteroatoms. The van der Waals surface area contributed by atoms with Crippen molar-refractivity contribution in [3.05, 3.63) is 81.8 Å². The van der Waals surface area contributed by atoms with Crippen molar-refractivity contribution in [2.24, 2.45) is 7.05 Å². The fourth-order valence-corrected chi connectivity index (χ4v) is 7.79. The summed E-state index contributed by atoms with van der Waals surface area (Å²) in [5.74, 6) is -2.33. The minimum atomic E-state index is -2.79. The molecule has 0 radical (unpaired) electrons. The average Bonchev–Trinajstić information content (AvgIpc) is 3.44. The summed E-state index contributed by atoms with van der Waals surface area (Å²) < 4.78 is 37.0. The molecular weight excluding hydrogens is 646 g/mol. The number of aliphatic hydroxyl groups is 1. The highest BCUT2D eigenvalue weighted by Gasteiger charge is 2.40. The molecule has 1 aliphatic carbocycles. The lowest BCUT2D eigenvalue weighted by Gasteiger charge is -2.46. The van der Waals surface area contributed by atoms with Gasteiger partial charge in [-0.2, -0.15) is 0 Å². The van der Waals surface area contributed by atoms with E-state index in [9.17, 15) is 23.5 Å². The highest BCUT2D eigenvalue weighted by molar-refractivity contribution is 6.06. The molecule has 8 rings (SSSR count). The van der Waals surface area contributed by atoms with Gasteiger partial charge in [0.15, 0.2) is 0 Å². The van der Waals surface area contributed by atoms with Crippen LogP contribution < -0.4 is 20.7 Å². The van der Waals surface area contributed by atoms with Gasteiger partial charge in [-0.05, 0) is 54.8 Å². The van der Waals surface area contributed by atoms with Crippen molar-refractivity contribution >= 4 is 28.9 Å². The van der Waals surface area contributed by atoms with Gasteiger partial charge in [0.05, 0.1) is 44.2 Å². The number of hydrogen-bond donors (Lipinski definition) is 2. The van der Waals surface area contributed by atoms with Gasteiger partial charge in [-0.25, -0.2) is 18.7 Å². The van der Waals surface area contributed by atoms with E-state index in [1.165, 1.54) is 9.47 Å². The molecular formula is C36H40F2N8O4. The Morgan fingerprint density at radius 2 is 1.92 bits per heavy atom. The molecule has 262 valence electrons. The second kappa shape index (κ2) is 12.6. The van der Waals surface area contributed by atoms with Crippen LogP contribution >= 0.6 is 0 Å². The maximum Gasteiger partial charge on any atom is 0.276 e. The Balaban J connectivity index is 1.04. The number of alkyl halides is 2. The zero-order valence-electron chi connectivity index (χ0n) is 28.1. The monoisotopic (exact) mass is 686 g/mol. The topological polar surface area (TPSA) is 121 Å². The standard InChI is InChI=1S/C36H40F2N8O4/c1-22-17-43(26-20-50-21-26)9-10-44(22)25-3-4-32(40-16-25)41-29-13-24(18-42(2)34(29)48)27-6-8-39-33(28(27)19-47)46-12-11-45-30(35(46)49)14-23-5-7-36(37,38)15-31(23)45/h3-4,6,8,13-14,16,18,22,26,47H,5,7,9-12,15,17,19-21H2,1-2H3,(H,40,41)/t22-/m0/s1. The minimum absolute atomic E-state index is 0.216. The number of nitrogens with one attached hydrogen (secondary N) is 1. The van der Waals surface area contributed by atoms with Crippen molar-refractivity contribution in [1.82, 2.24) is 24.0 Å². The Kier molecular flexibility index (Phi) is 8.19. The first kappa shape index (κ1) is 32.5. The average molecular weight is 687 g/mol. The molecule has 0 bridgehead atoms. The fourth-order valence-electron chi connectivity index (χ4n) is 7.79. The van der Waals surface area contributed by atoms with Crippen molar-refractivity contribution in [3.63, 3.8) is 0 Å². The first-order valence-electron chi connectivity index (χ1n) is 17.1. The van der Waals surface area contributed by atoms with Crippen molar-refractivity contribution in [2.45, 2.75) is 57.3 Å². The molecule has 3 aliphatic heterocycles. The van der Waals surface area contributed by atoms with Crippen LogP contribution in [0.4, 0.5) is 31.8 Å². The predicted molar refractivity (Wildman–Crippen MR) is 184 cm³/mol. The number of halogens is 2. The smallest absolute Gasteiger partial charge is 0.276 e. The number of aliphatic hydroxyl groups excluding tert-OH is 1. The Morgan fingerprint density at radius 1 is 1.08 bits per heavy atom. The molecule has 50 heavy (non-hydrogen) atoms. The van der Waals surface area contributed by atoms with Crippen LogP contribution in [0.15, 0.2) is 53.7 Å². The molecule has 2 N–H and O–H groups in total. The Bertz CT molecular complexity index is 2010. The first-order chi connectivity index (χ1) is 24.1. The quantitative estimate of drug-likeness (QED) is 0.301. The van der Waals surface area contributed by atoms with Gasteiger partial charge in [0.25, 0.3) is 17.4 Å². The summed E-state index contributed by atoms with van der Waals surface area (Å²) in [6.07, 6.45) is 4.68. The minimum Gasteiger partial charge on any atom is -0.392 e. The number of aromatic nitrogens is 4. The predicted octanol–water partition coefficient (Wildman–Crippen LogP) is 3.57. The number of amides is 1. The molecule has 12 nitrogen and oxygen atoms in total. The summed E-state index contributed by atoms with van der Waals surface area (Å²) in [7, 11) is 1.65. The number of nitrogens with zero attached hydrogens (tertiary/aromatic N) is 7. The van der Waals surface area contributed by atoms with E-state index in [4.69, 9.17) is 4.74 Å². The molecule has 4 aromatic rings. The molecule has 0 saturated carbocycles. The summed E-state index contributed by atoms with van der Waals surface area (Å²) in [4.78, 5) is 42.5. The third kappa shape index (κ3) is 5.74. The van der Waals surface area contributed by atoms with Crippen LogP contribution in [0.1, 0.15) is 40.7 Å². The van der Waals surface area contributed by atoms with E-state index in [-0.39, 0.29) is 37.3 Å². The van der Waals surface area contributed by atoms with E-state index >= 15 is 0 Å². The van der Waals surface area contributed by atoms with E-state index in [0.29, 0.717) is 64.0 Å². The number of aryl methyl sites for hydroxylation is 2. The molecule has 1 amide bonds. The number of piperazine rings is 1. The Hall–Kier alpha value is -4.66. The number of rotatable bonds is 7. The number of carbonyl (C=O) groups excluding carboxylic acids is 1. The van der Waals surface area contributed by atoms with Crippen LogP contribution in [0.5, 0.6) is 0 Å². The Labute approximate surface area is 287 Å². The number of ether oxygens (including phenoxy) is 1. The number of pyridine rings is 3. The second-order valence-electron chi connectivity index (χ2n) is 13.8. The van der Waals surface area contributed by atoms with E-state index in [2.05, 4.69) is 32.0 Å². The zero-order chi connectivity index (χ0) is 34.7. The lowest BCUT2D eigenvalue weighted by Crippen LogP contribution is -2.59. The SMILES string of the molecule is C[C@H]1CN(C2COC2)CCN1c1ccc(Nc2cc(-c3ccnc(N4CCn5c(cc6c5CC(F)(F)CC6)C4=O)c3CO)cn(C)c2=O)nc1. The second-order valence-corrected chi connectivity index (χ2v) is 13.8. The van der Waals surface area contributed by atoms with Gasteiger partial charge in [0, 0.05) is 81.4 Å². The van der Waals surface area contributed by atoms with E-state index in [1.807, 2.05) is 18.3 Å². The third-order valence-corrected chi connectivity index (χ3v) is 10.6. The van der Waals surface area contributed by atoms with Crippen LogP contribution in [0.3, 0.4) is 0 Å². The first-order valence-corrected chi connectivity index (χ1v) is 17.1. The fraction of sp³-hybridized carbons (Fsp3) is 0.444. The summed E-state index contributed by atoms with van der Waals surface area (Å²) in [6, 6.07) is 9.88. The molecule has 4 aromatic heterocycles. The summed E-state index contributed by atoms with van der Waals surface area (Å²) in [6.45, 7) is 6.80. The van der Waals surface area contributed by atoms with E-state index < -0.39 is 12.5 Å². The summed E-state index contributed by atoms with van der Waals surface area (Å²) >= 11 is 0. The van der Waals surface area contributed by atoms with Gasteiger partial charge in [0.2, 0.25) is 0 Å².